The van der Waals surface area contributed by atoms with E-state index in [9.17, 15) is 5.11 Å². The van der Waals surface area contributed by atoms with E-state index in [1.54, 1.807) is 0 Å². The molecule has 1 N–H and O–H groups in total. The van der Waals surface area contributed by atoms with Crippen molar-refractivity contribution in [2.45, 2.75) is 32.4 Å². The summed E-state index contributed by atoms with van der Waals surface area (Å²) in [5.74, 6) is 0. The Morgan fingerprint density at radius 3 is 2.71 bits per heavy atom. The van der Waals surface area contributed by atoms with Gasteiger partial charge in [0.15, 0.2) is 0 Å². The first-order valence-electron chi connectivity index (χ1n) is 8.05. The molecule has 0 unspecified atom stereocenters. The number of benzene rings is 1. The summed E-state index contributed by atoms with van der Waals surface area (Å²) >= 11 is 0. The average Bonchev–Trinajstić information content (AvgIpc) is 2.49. The van der Waals surface area contributed by atoms with Crippen molar-refractivity contribution in [3.05, 3.63) is 42.0 Å². The lowest BCUT2D eigenvalue weighted by atomic mass is 10.1. The molecule has 3 heteroatoms. The molecule has 1 heterocycles. The molecule has 0 saturated carbocycles. The minimum atomic E-state index is -0.233. The summed E-state index contributed by atoms with van der Waals surface area (Å²) in [5.41, 5.74) is 1.26. The largest absolute Gasteiger partial charge is 0.392 e. The first kappa shape index (κ1) is 16.2. The van der Waals surface area contributed by atoms with Crippen molar-refractivity contribution in [2.75, 3.05) is 32.7 Å². The van der Waals surface area contributed by atoms with Crippen molar-refractivity contribution >= 4 is 6.08 Å². The normalized spacial score (nSPS) is 22.7. The Kier molecular flexibility index (Phi) is 6.43. The van der Waals surface area contributed by atoms with Crippen LogP contribution in [0.15, 0.2) is 36.4 Å². The quantitative estimate of drug-likeness (QED) is 0.871. The molecule has 0 amide bonds. The van der Waals surface area contributed by atoms with E-state index in [1.807, 2.05) is 13.0 Å². The molecule has 1 aliphatic rings. The lowest BCUT2D eigenvalue weighted by Crippen LogP contribution is -2.54. The molecule has 21 heavy (non-hydrogen) atoms. The number of piperazine rings is 1. The van der Waals surface area contributed by atoms with Crippen LogP contribution in [0, 0.1) is 0 Å². The van der Waals surface area contributed by atoms with Gasteiger partial charge in [-0.25, -0.2) is 0 Å². The van der Waals surface area contributed by atoms with Crippen molar-refractivity contribution in [1.29, 1.82) is 0 Å². The standard InChI is InChI=1S/C18H28N2O/c1-3-18-15-19(12-13-20(18)14-16(2)21)11-7-10-17-8-5-4-6-9-17/h4-10,16,18,21H,3,11-15H2,1-2H3/b10-7+/t16-,18+/m0/s1. The monoisotopic (exact) mass is 288 g/mol. The molecule has 3 nitrogen and oxygen atoms in total. The summed E-state index contributed by atoms with van der Waals surface area (Å²) in [5, 5.41) is 9.58. The van der Waals surface area contributed by atoms with Crippen molar-refractivity contribution in [1.82, 2.24) is 9.80 Å². The second kappa shape index (κ2) is 8.32. The highest BCUT2D eigenvalue weighted by molar-refractivity contribution is 5.48. The molecular formula is C18H28N2O. The topological polar surface area (TPSA) is 26.7 Å². The Bertz CT molecular complexity index is 430. The summed E-state index contributed by atoms with van der Waals surface area (Å²) in [6.07, 6.45) is 5.37. The maximum Gasteiger partial charge on any atom is 0.0639 e. The van der Waals surface area contributed by atoms with Crippen LogP contribution in [-0.4, -0.2) is 59.8 Å². The van der Waals surface area contributed by atoms with Crippen molar-refractivity contribution < 1.29 is 5.11 Å². The molecular weight excluding hydrogens is 260 g/mol. The fourth-order valence-corrected chi connectivity index (χ4v) is 2.99. The minimum absolute atomic E-state index is 0.233. The fourth-order valence-electron chi connectivity index (χ4n) is 2.99. The van der Waals surface area contributed by atoms with Crippen LogP contribution in [0.25, 0.3) is 6.08 Å². The van der Waals surface area contributed by atoms with Crippen LogP contribution in [0.5, 0.6) is 0 Å². The van der Waals surface area contributed by atoms with Gasteiger partial charge in [0.2, 0.25) is 0 Å². The van der Waals surface area contributed by atoms with Gasteiger partial charge in [0.25, 0.3) is 0 Å². The van der Waals surface area contributed by atoms with E-state index in [2.05, 4.69) is 53.1 Å². The number of aliphatic hydroxyl groups excluding tert-OH is 1. The molecule has 1 saturated heterocycles. The number of aliphatic hydroxyl groups is 1. The molecule has 0 spiro atoms. The van der Waals surface area contributed by atoms with Gasteiger partial charge in [-0.2, -0.15) is 0 Å². The van der Waals surface area contributed by atoms with Crippen LogP contribution in [0.1, 0.15) is 25.8 Å². The van der Waals surface area contributed by atoms with Gasteiger partial charge in [0.1, 0.15) is 0 Å². The molecule has 0 radical (unpaired) electrons. The molecule has 0 bridgehead atoms. The molecule has 1 fully saturated rings. The van der Waals surface area contributed by atoms with Gasteiger partial charge < -0.3 is 5.11 Å². The van der Waals surface area contributed by atoms with E-state index in [0.29, 0.717) is 6.04 Å². The second-order valence-corrected chi connectivity index (χ2v) is 5.98. The van der Waals surface area contributed by atoms with Gasteiger partial charge in [0, 0.05) is 38.8 Å². The van der Waals surface area contributed by atoms with E-state index in [1.165, 1.54) is 5.56 Å². The van der Waals surface area contributed by atoms with Gasteiger partial charge in [-0.3, -0.25) is 9.80 Å². The first-order valence-corrected chi connectivity index (χ1v) is 8.05. The molecule has 1 aliphatic heterocycles. The van der Waals surface area contributed by atoms with Gasteiger partial charge in [-0.05, 0) is 18.9 Å². The first-order chi connectivity index (χ1) is 10.2. The molecule has 2 atom stereocenters. The summed E-state index contributed by atoms with van der Waals surface area (Å²) < 4.78 is 0. The third kappa shape index (κ3) is 5.27. The van der Waals surface area contributed by atoms with E-state index < -0.39 is 0 Å². The highest BCUT2D eigenvalue weighted by Gasteiger charge is 2.25. The van der Waals surface area contributed by atoms with Crippen LogP contribution in [0.3, 0.4) is 0 Å². The van der Waals surface area contributed by atoms with Gasteiger partial charge in [-0.15, -0.1) is 0 Å². The maximum absolute atomic E-state index is 9.58. The van der Waals surface area contributed by atoms with Gasteiger partial charge in [-0.1, -0.05) is 49.4 Å². The summed E-state index contributed by atoms with van der Waals surface area (Å²) in [7, 11) is 0. The third-order valence-corrected chi connectivity index (χ3v) is 4.13. The van der Waals surface area contributed by atoms with E-state index in [4.69, 9.17) is 0 Å². The molecule has 2 rings (SSSR count). The summed E-state index contributed by atoms with van der Waals surface area (Å²) in [6.45, 7) is 9.16. The lowest BCUT2D eigenvalue weighted by Gasteiger charge is -2.41. The zero-order valence-corrected chi connectivity index (χ0v) is 13.3. The summed E-state index contributed by atoms with van der Waals surface area (Å²) in [4.78, 5) is 4.94. The highest BCUT2D eigenvalue weighted by atomic mass is 16.3. The lowest BCUT2D eigenvalue weighted by molar-refractivity contribution is 0.0409. The average molecular weight is 288 g/mol. The number of nitrogens with zero attached hydrogens (tertiary/aromatic N) is 2. The van der Waals surface area contributed by atoms with Crippen molar-refractivity contribution in [3.8, 4) is 0 Å². The van der Waals surface area contributed by atoms with E-state index in [-0.39, 0.29) is 6.10 Å². The Balaban J connectivity index is 1.82. The van der Waals surface area contributed by atoms with Crippen LogP contribution >= 0.6 is 0 Å². The van der Waals surface area contributed by atoms with Gasteiger partial charge in [0.05, 0.1) is 6.10 Å². The second-order valence-electron chi connectivity index (χ2n) is 5.98. The number of β-amino-alcohol motifs (C(OH)–C–C–N with tert-alkyl or cyclic N) is 1. The zero-order valence-electron chi connectivity index (χ0n) is 13.3. The molecule has 1 aromatic rings. The molecule has 1 aromatic carbocycles. The molecule has 0 aliphatic carbocycles. The van der Waals surface area contributed by atoms with Crippen molar-refractivity contribution in [2.24, 2.45) is 0 Å². The van der Waals surface area contributed by atoms with Gasteiger partial charge >= 0.3 is 0 Å². The third-order valence-electron chi connectivity index (χ3n) is 4.13. The molecule has 0 aromatic heterocycles. The highest BCUT2D eigenvalue weighted by Crippen LogP contribution is 2.13. The fraction of sp³-hybridized carbons (Fsp3) is 0.556. The predicted molar refractivity (Wildman–Crippen MR) is 89.2 cm³/mol. The number of rotatable bonds is 6. The van der Waals surface area contributed by atoms with Crippen LogP contribution in [-0.2, 0) is 0 Å². The predicted octanol–water partition coefficient (Wildman–Crippen LogP) is 2.48. The summed E-state index contributed by atoms with van der Waals surface area (Å²) in [6, 6.07) is 11.0. The maximum atomic E-state index is 9.58. The van der Waals surface area contributed by atoms with E-state index >= 15 is 0 Å². The zero-order chi connectivity index (χ0) is 15.1. The van der Waals surface area contributed by atoms with Crippen LogP contribution in [0.4, 0.5) is 0 Å². The Morgan fingerprint density at radius 2 is 2.05 bits per heavy atom. The SMILES string of the molecule is CC[C@@H]1CN(C/C=C/c2ccccc2)CCN1C[C@H](C)O. The number of hydrogen-bond acceptors (Lipinski definition) is 3. The Labute approximate surface area is 128 Å². The number of hydrogen-bond donors (Lipinski definition) is 1. The molecule has 116 valence electrons. The van der Waals surface area contributed by atoms with E-state index in [0.717, 1.165) is 39.1 Å². The Hall–Kier alpha value is -1.16. The van der Waals surface area contributed by atoms with Crippen LogP contribution < -0.4 is 0 Å². The smallest absolute Gasteiger partial charge is 0.0639 e. The Morgan fingerprint density at radius 1 is 1.29 bits per heavy atom. The van der Waals surface area contributed by atoms with Crippen LogP contribution in [0.2, 0.25) is 0 Å². The van der Waals surface area contributed by atoms with Crippen molar-refractivity contribution in [3.63, 3.8) is 0 Å². The minimum Gasteiger partial charge on any atom is -0.392 e.